The van der Waals surface area contributed by atoms with E-state index < -0.39 is 0 Å². The van der Waals surface area contributed by atoms with Gasteiger partial charge in [-0.15, -0.1) is 0 Å². The number of rotatable bonds is 4. The summed E-state index contributed by atoms with van der Waals surface area (Å²) in [4.78, 5) is 13.8. The summed E-state index contributed by atoms with van der Waals surface area (Å²) in [7, 11) is 0. The molecule has 1 unspecified atom stereocenters. The molecule has 1 amide bonds. The summed E-state index contributed by atoms with van der Waals surface area (Å²) in [6.07, 6.45) is 0.990. The summed E-state index contributed by atoms with van der Waals surface area (Å²) in [5.74, 6) is 0.151. The van der Waals surface area contributed by atoms with Gasteiger partial charge < -0.3 is 10.6 Å². The quantitative estimate of drug-likeness (QED) is 0.701. The monoisotopic (exact) mass is 213 g/mol. The molecule has 88 valence electrons. The van der Waals surface area contributed by atoms with E-state index in [4.69, 9.17) is 0 Å². The van der Waals surface area contributed by atoms with Gasteiger partial charge >= 0.3 is 0 Å². The number of nitrogens with one attached hydrogen (secondary N) is 2. The van der Waals surface area contributed by atoms with Crippen molar-refractivity contribution in [2.45, 2.75) is 39.3 Å². The zero-order valence-electron chi connectivity index (χ0n) is 10.0. The molecule has 1 heterocycles. The van der Waals surface area contributed by atoms with E-state index in [1.54, 1.807) is 0 Å². The van der Waals surface area contributed by atoms with Crippen molar-refractivity contribution < 1.29 is 4.79 Å². The van der Waals surface area contributed by atoms with Crippen LogP contribution in [0.15, 0.2) is 0 Å². The Morgan fingerprint density at radius 1 is 1.67 bits per heavy atom. The van der Waals surface area contributed by atoms with Crippen LogP contribution in [0.5, 0.6) is 0 Å². The first kappa shape index (κ1) is 12.5. The predicted octanol–water partition coefficient (Wildman–Crippen LogP) is 0.195. The standard InChI is InChI=1S/C11H23N3O/c1-4-9(2)13-11(15)8-14-6-5-12-10(3)7-14/h9-10,12H,4-8H2,1-3H3,(H,13,15)/t9?,10-/m0/s1. The largest absolute Gasteiger partial charge is 0.353 e. The Labute approximate surface area is 92.4 Å². The first-order valence-corrected chi connectivity index (χ1v) is 5.87. The van der Waals surface area contributed by atoms with Gasteiger partial charge in [0, 0.05) is 31.7 Å². The Hall–Kier alpha value is -0.610. The van der Waals surface area contributed by atoms with Gasteiger partial charge in [0.2, 0.25) is 5.91 Å². The molecule has 0 aromatic heterocycles. The summed E-state index contributed by atoms with van der Waals surface area (Å²) in [5, 5.41) is 6.35. The minimum atomic E-state index is 0.151. The molecule has 0 bridgehead atoms. The number of piperazine rings is 1. The molecule has 15 heavy (non-hydrogen) atoms. The van der Waals surface area contributed by atoms with E-state index in [2.05, 4.69) is 29.4 Å². The fraction of sp³-hybridized carbons (Fsp3) is 0.909. The van der Waals surface area contributed by atoms with Gasteiger partial charge in [-0.1, -0.05) is 6.92 Å². The van der Waals surface area contributed by atoms with Gasteiger partial charge in [0.15, 0.2) is 0 Å². The molecule has 4 heteroatoms. The Kier molecular flexibility index (Phi) is 5.05. The molecule has 1 rings (SSSR count). The summed E-state index contributed by atoms with van der Waals surface area (Å²) < 4.78 is 0. The molecular formula is C11H23N3O. The van der Waals surface area contributed by atoms with Crippen LogP contribution in [0.25, 0.3) is 0 Å². The number of hydrogen-bond donors (Lipinski definition) is 2. The van der Waals surface area contributed by atoms with E-state index in [-0.39, 0.29) is 11.9 Å². The zero-order valence-corrected chi connectivity index (χ0v) is 10.0. The van der Waals surface area contributed by atoms with Crippen LogP contribution < -0.4 is 10.6 Å². The molecule has 1 aliphatic heterocycles. The highest BCUT2D eigenvalue weighted by molar-refractivity contribution is 5.78. The van der Waals surface area contributed by atoms with Crippen molar-refractivity contribution in [3.05, 3.63) is 0 Å². The van der Waals surface area contributed by atoms with Gasteiger partial charge in [-0.05, 0) is 20.3 Å². The SMILES string of the molecule is CCC(C)NC(=O)CN1CCN[C@@H](C)C1. The number of nitrogens with zero attached hydrogens (tertiary/aromatic N) is 1. The molecular weight excluding hydrogens is 190 g/mol. The van der Waals surface area contributed by atoms with E-state index in [0.717, 1.165) is 26.1 Å². The van der Waals surface area contributed by atoms with E-state index >= 15 is 0 Å². The van der Waals surface area contributed by atoms with Gasteiger partial charge in [-0.25, -0.2) is 0 Å². The van der Waals surface area contributed by atoms with Crippen LogP contribution in [0.3, 0.4) is 0 Å². The summed E-state index contributed by atoms with van der Waals surface area (Å²) in [6, 6.07) is 0.785. The van der Waals surface area contributed by atoms with Crippen LogP contribution in [0, 0.1) is 0 Å². The molecule has 2 atom stereocenters. The molecule has 0 aromatic carbocycles. The second-order valence-corrected chi connectivity index (χ2v) is 4.47. The van der Waals surface area contributed by atoms with Crippen molar-refractivity contribution in [2.75, 3.05) is 26.2 Å². The van der Waals surface area contributed by atoms with Crippen LogP contribution in [0.1, 0.15) is 27.2 Å². The Morgan fingerprint density at radius 2 is 2.40 bits per heavy atom. The van der Waals surface area contributed by atoms with Gasteiger partial charge in [0.25, 0.3) is 0 Å². The number of carbonyl (C=O) groups is 1. The molecule has 0 spiro atoms. The molecule has 1 fully saturated rings. The average Bonchev–Trinajstić information content (AvgIpc) is 2.17. The highest BCUT2D eigenvalue weighted by atomic mass is 16.2. The fourth-order valence-corrected chi connectivity index (χ4v) is 1.78. The molecule has 2 N–H and O–H groups in total. The van der Waals surface area contributed by atoms with E-state index in [1.165, 1.54) is 0 Å². The zero-order chi connectivity index (χ0) is 11.3. The Balaban J connectivity index is 2.24. The highest BCUT2D eigenvalue weighted by Crippen LogP contribution is 1.98. The lowest BCUT2D eigenvalue weighted by molar-refractivity contribution is -0.123. The summed E-state index contributed by atoms with van der Waals surface area (Å²) in [6.45, 7) is 9.73. The molecule has 0 aliphatic carbocycles. The lowest BCUT2D eigenvalue weighted by atomic mass is 10.2. The Bertz CT molecular complexity index is 208. The first-order valence-electron chi connectivity index (χ1n) is 5.87. The normalized spacial score (nSPS) is 24.9. The van der Waals surface area contributed by atoms with E-state index in [0.29, 0.717) is 12.6 Å². The molecule has 1 aliphatic rings. The maximum atomic E-state index is 11.6. The second kappa shape index (κ2) is 6.08. The third kappa shape index (κ3) is 4.62. The fourth-order valence-electron chi connectivity index (χ4n) is 1.78. The van der Waals surface area contributed by atoms with Crippen LogP contribution in [0.4, 0.5) is 0 Å². The lowest BCUT2D eigenvalue weighted by Gasteiger charge is -2.31. The highest BCUT2D eigenvalue weighted by Gasteiger charge is 2.18. The van der Waals surface area contributed by atoms with Gasteiger partial charge in [-0.3, -0.25) is 9.69 Å². The van der Waals surface area contributed by atoms with Gasteiger partial charge in [-0.2, -0.15) is 0 Å². The van der Waals surface area contributed by atoms with E-state index in [1.807, 2.05) is 6.92 Å². The van der Waals surface area contributed by atoms with Crippen LogP contribution in [-0.2, 0) is 4.79 Å². The predicted molar refractivity (Wildman–Crippen MR) is 61.8 cm³/mol. The number of carbonyl (C=O) groups excluding carboxylic acids is 1. The van der Waals surface area contributed by atoms with Crippen molar-refractivity contribution in [3.63, 3.8) is 0 Å². The maximum absolute atomic E-state index is 11.6. The van der Waals surface area contributed by atoms with Crippen molar-refractivity contribution in [1.29, 1.82) is 0 Å². The summed E-state index contributed by atoms with van der Waals surface area (Å²) >= 11 is 0. The van der Waals surface area contributed by atoms with Crippen molar-refractivity contribution in [1.82, 2.24) is 15.5 Å². The molecule has 0 aromatic rings. The molecule has 1 saturated heterocycles. The topological polar surface area (TPSA) is 44.4 Å². The third-order valence-electron chi connectivity index (χ3n) is 2.84. The Morgan fingerprint density at radius 3 is 3.00 bits per heavy atom. The third-order valence-corrected chi connectivity index (χ3v) is 2.84. The smallest absolute Gasteiger partial charge is 0.234 e. The minimum Gasteiger partial charge on any atom is -0.353 e. The summed E-state index contributed by atoms with van der Waals surface area (Å²) in [5.41, 5.74) is 0. The van der Waals surface area contributed by atoms with Gasteiger partial charge in [0.1, 0.15) is 0 Å². The number of amides is 1. The maximum Gasteiger partial charge on any atom is 0.234 e. The first-order chi connectivity index (χ1) is 7.11. The van der Waals surface area contributed by atoms with Crippen molar-refractivity contribution in [2.24, 2.45) is 0 Å². The van der Waals surface area contributed by atoms with Crippen LogP contribution in [-0.4, -0.2) is 49.1 Å². The number of hydrogen-bond acceptors (Lipinski definition) is 3. The van der Waals surface area contributed by atoms with Crippen molar-refractivity contribution in [3.8, 4) is 0 Å². The molecule has 0 radical (unpaired) electrons. The minimum absolute atomic E-state index is 0.151. The van der Waals surface area contributed by atoms with Crippen molar-refractivity contribution >= 4 is 5.91 Å². The molecule has 0 saturated carbocycles. The van der Waals surface area contributed by atoms with Crippen LogP contribution in [0.2, 0.25) is 0 Å². The second-order valence-electron chi connectivity index (χ2n) is 4.47. The van der Waals surface area contributed by atoms with Crippen LogP contribution >= 0.6 is 0 Å². The van der Waals surface area contributed by atoms with E-state index in [9.17, 15) is 4.79 Å². The average molecular weight is 213 g/mol. The van der Waals surface area contributed by atoms with Gasteiger partial charge in [0.05, 0.1) is 6.54 Å². The molecule has 4 nitrogen and oxygen atoms in total. The lowest BCUT2D eigenvalue weighted by Crippen LogP contribution is -2.52.